The van der Waals surface area contributed by atoms with Crippen molar-refractivity contribution in [2.45, 2.75) is 34.6 Å². The van der Waals surface area contributed by atoms with Crippen LogP contribution in [0.1, 0.15) is 34.6 Å². The van der Waals surface area contributed by atoms with Gasteiger partial charge in [-0.05, 0) is 6.92 Å². The molecule has 14 heavy (non-hydrogen) atoms. The molecule has 0 N–H and O–H groups in total. The Labute approximate surface area is 88.6 Å². The minimum atomic E-state index is 0.146. The molecular weight excluding hydrogens is 170 g/mol. The third-order valence-electron chi connectivity index (χ3n) is 2.11. The van der Waals surface area contributed by atoms with Gasteiger partial charge in [-0.2, -0.15) is 0 Å². The second-order valence-corrected chi connectivity index (χ2v) is 4.85. The molecule has 0 saturated heterocycles. The van der Waals surface area contributed by atoms with Crippen LogP contribution in [0.2, 0.25) is 0 Å². The quantitative estimate of drug-likeness (QED) is 0.476. The lowest BCUT2D eigenvalue weighted by Gasteiger charge is -2.24. The zero-order valence-electron chi connectivity index (χ0n) is 10.4. The molecule has 0 amide bonds. The van der Waals surface area contributed by atoms with Crippen LogP contribution in [0.25, 0.3) is 0 Å². The maximum atomic E-state index is 4.37. The Hall–Kier alpha value is -0.850. The van der Waals surface area contributed by atoms with Crippen LogP contribution in [0, 0.1) is 11.3 Å². The summed E-state index contributed by atoms with van der Waals surface area (Å²) >= 11 is 0. The van der Waals surface area contributed by atoms with Crippen LogP contribution in [0.4, 0.5) is 0 Å². The molecule has 0 aromatic rings. The molecule has 0 aromatic carbocycles. The molecule has 1 heteroatoms. The molecule has 0 saturated carbocycles. The monoisotopic (exact) mass is 193 g/mol. The van der Waals surface area contributed by atoms with Gasteiger partial charge in [-0.15, -0.1) is 0 Å². The van der Waals surface area contributed by atoms with E-state index in [0.717, 1.165) is 5.57 Å². The summed E-state index contributed by atoms with van der Waals surface area (Å²) in [6.07, 6.45) is 4.22. The SMILES string of the molecule is C=C(C)/C=C\C(C)C(=NC)C(C)(C)C. The van der Waals surface area contributed by atoms with Crippen molar-refractivity contribution in [1.29, 1.82) is 0 Å². The molecule has 0 radical (unpaired) electrons. The molecule has 0 rings (SSSR count). The number of nitrogens with zero attached hydrogens (tertiary/aromatic N) is 1. The van der Waals surface area contributed by atoms with Crippen LogP contribution in [-0.2, 0) is 0 Å². The fraction of sp³-hybridized carbons (Fsp3) is 0.615. The van der Waals surface area contributed by atoms with Gasteiger partial charge in [-0.3, -0.25) is 4.99 Å². The van der Waals surface area contributed by atoms with Crippen molar-refractivity contribution in [1.82, 2.24) is 0 Å². The van der Waals surface area contributed by atoms with Gasteiger partial charge in [0.25, 0.3) is 0 Å². The molecule has 0 spiro atoms. The lowest BCUT2D eigenvalue weighted by molar-refractivity contribution is 0.564. The Morgan fingerprint density at radius 3 is 2.14 bits per heavy atom. The molecule has 0 aliphatic carbocycles. The van der Waals surface area contributed by atoms with Crippen LogP contribution in [0.5, 0.6) is 0 Å². The molecule has 1 atom stereocenters. The molecule has 1 unspecified atom stereocenters. The van der Waals surface area contributed by atoms with E-state index in [1.807, 2.05) is 14.0 Å². The summed E-state index contributed by atoms with van der Waals surface area (Å²) in [7, 11) is 1.87. The summed E-state index contributed by atoms with van der Waals surface area (Å²) in [5.41, 5.74) is 2.46. The van der Waals surface area contributed by atoms with Gasteiger partial charge in [0.15, 0.2) is 0 Å². The summed E-state index contributed by atoms with van der Waals surface area (Å²) in [6.45, 7) is 14.6. The van der Waals surface area contributed by atoms with Crippen molar-refractivity contribution < 1.29 is 0 Å². The van der Waals surface area contributed by atoms with Crippen LogP contribution in [0.15, 0.2) is 29.3 Å². The van der Waals surface area contributed by atoms with Crippen molar-refractivity contribution in [3.05, 3.63) is 24.3 Å². The molecule has 0 aliphatic heterocycles. The van der Waals surface area contributed by atoms with Crippen molar-refractivity contribution in [3.63, 3.8) is 0 Å². The first kappa shape index (κ1) is 13.2. The number of rotatable bonds is 3. The largest absolute Gasteiger partial charge is 0.296 e. The van der Waals surface area contributed by atoms with Gasteiger partial charge in [0.05, 0.1) is 0 Å². The van der Waals surface area contributed by atoms with Crippen LogP contribution >= 0.6 is 0 Å². The highest BCUT2D eigenvalue weighted by Gasteiger charge is 2.21. The van der Waals surface area contributed by atoms with Gasteiger partial charge in [-0.1, -0.05) is 52.0 Å². The lowest BCUT2D eigenvalue weighted by atomic mass is 9.82. The molecule has 80 valence electrons. The third kappa shape index (κ3) is 4.40. The maximum Gasteiger partial charge on any atom is 0.0276 e. The van der Waals surface area contributed by atoms with Gasteiger partial charge in [0.1, 0.15) is 0 Å². The number of allylic oxidation sites excluding steroid dienone is 3. The van der Waals surface area contributed by atoms with E-state index in [1.54, 1.807) is 0 Å². The van der Waals surface area contributed by atoms with Gasteiger partial charge in [0.2, 0.25) is 0 Å². The van der Waals surface area contributed by atoms with Crippen molar-refractivity contribution in [2.75, 3.05) is 7.05 Å². The highest BCUT2D eigenvalue weighted by atomic mass is 14.7. The van der Waals surface area contributed by atoms with E-state index in [9.17, 15) is 0 Å². The van der Waals surface area contributed by atoms with Crippen LogP contribution in [-0.4, -0.2) is 12.8 Å². The second kappa shape index (κ2) is 5.14. The number of aliphatic imine (C=N–C) groups is 1. The van der Waals surface area contributed by atoms with Gasteiger partial charge in [0, 0.05) is 24.1 Å². The Morgan fingerprint density at radius 2 is 1.86 bits per heavy atom. The minimum Gasteiger partial charge on any atom is -0.296 e. The molecular formula is C13H23N. The summed E-state index contributed by atoms with van der Waals surface area (Å²) in [5, 5.41) is 0. The van der Waals surface area contributed by atoms with Crippen molar-refractivity contribution in [2.24, 2.45) is 16.3 Å². The Bertz CT molecular complexity index is 251. The summed E-state index contributed by atoms with van der Waals surface area (Å²) in [6, 6.07) is 0. The molecule has 0 aliphatic rings. The van der Waals surface area contributed by atoms with Crippen molar-refractivity contribution in [3.8, 4) is 0 Å². The Balaban J connectivity index is 4.67. The molecule has 0 bridgehead atoms. The summed E-state index contributed by atoms with van der Waals surface area (Å²) in [4.78, 5) is 4.37. The number of hydrogen-bond donors (Lipinski definition) is 0. The average molecular weight is 193 g/mol. The van der Waals surface area contributed by atoms with E-state index in [4.69, 9.17) is 0 Å². The molecule has 1 nitrogen and oxygen atoms in total. The van der Waals surface area contributed by atoms with Gasteiger partial charge >= 0.3 is 0 Å². The topological polar surface area (TPSA) is 12.4 Å². The fourth-order valence-electron chi connectivity index (χ4n) is 1.62. The third-order valence-corrected chi connectivity index (χ3v) is 2.11. The van der Waals surface area contributed by atoms with Gasteiger partial charge in [-0.25, -0.2) is 0 Å². The zero-order valence-corrected chi connectivity index (χ0v) is 10.4. The molecule has 0 aromatic heterocycles. The van der Waals surface area contributed by atoms with E-state index < -0.39 is 0 Å². The maximum absolute atomic E-state index is 4.37. The molecule has 0 fully saturated rings. The Morgan fingerprint density at radius 1 is 1.36 bits per heavy atom. The van der Waals surface area contributed by atoms with E-state index >= 15 is 0 Å². The Kier molecular flexibility index (Phi) is 4.82. The smallest absolute Gasteiger partial charge is 0.0276 e. The predicted octanol–water partition coefficient (Wildman–Crippen LogP) is 3.87. The normalized spacial score (nSPS) is 16.0. The van der Waals surface area contributed by atoms with E-state index in [0.29, 0.717) is 5.92 Å². The highest BCUT2D eigenvalue weighted by Crippen LogP contribution is 2.22. The zero-order chi connectivity index (χ0) is 11.4. The summed E-state index contributed by atoms with van der Waals surface area (Å²) < 4.78 is 0. The standard InChI is InChI=1S/C13H23N/c1-10(2)8-9-11(3)12(14-7)13(4,5)6/h8-9,11H,1H2,2-7H3/b9-8-,14-12?. The average Bonchev–Trinajstić information content (AvgIpc) is 1.99. The molecule has 0 heterocycles. The van der Waals surface area contributed by atoms with Crippen molar-refractivity contribution >= 4 is 5.71 Å². The number of hydrogen-bond acceptors (Lipinski definition) is 1. The minimum absolute atomic E-state index is 0.146. The lowest BCUT2D eigenvalue weighted by Crippen LogP contribution is -2.25. The van der Waals surface area contributed by atoms with Crippen LogP contribution < -0.4 is 0 Å². The fourth-order valence-corrected chi connectivity index (χ4v) is 1.62. The first-order valence-corrected chi connectivity index (χ1v) is 5.10. The highest BCUT2D eigenvalue weighted by molar-refractivity contribution is 5.92. The van der Waals surface area contributed by atoms with E-state index in [-0.39, 0.29) is 5.41 Å². The van der Waals surface area contributed by atoms with E-state index in [2.05, 4.69) is 51.4 Å². The summed E-state index contributed by atoms with van der Waals surface area (Å²) in [5.74, 6) is 0.386. The van der Waals surface area contributed by atoms with Crippen LogP contribution in [0.3, 0.4) is 0 Å². The van der Waals surface area contributed by atoms with Gasteiger partial charge < -0.3 is 0 Å². The van der Waals surface area contributed by atoms with E-state index in [1.165, 1.54) is 5.71 Å². The predicted molar refractivity (Wildman–Crippen MR) is 65.9 cm³/mol. The first-order chi connectivity index (χ1) is 6.29. The first-order valence-electron chi connectivity index (χ1n) is 5.10. The second-order valence-electron chi connectivity index (χ2n) is 4.85.